The van der Waals surface area contributed by atoms with Crippen molar-refractivity contribution in [3.05, 3.63) is 40.9 Å². The molecule has 1 unspecified atom stereocenters. The Morgan fingerprint density at radius 2 is 2.16 bits per heavy atom. The van der Waals surface area contributed by atoms with Crippen LogP contribution in [0.5, 0.6) is 0 Å². The first-order valence-corrected chi connectivity index (χ1v) is 9.57. The van der Waals surface area contributed by atoms with E-state index in [4.69, 9.17) is 9.72 Å². The van der Waals surface area contributed by atoms with Gasteiger partial charge in [-0.2, -0.15) is 0 Å². The lowest BCUT2D eigenvalue weighted by atomic mass is 9.99. The van der Waals surface area contributed by atoms with Gasteiger partial charge < -0.3 is 9.84 Å². The predicted octanol–water partition coefficient (Wildman–Crippen LogP) is 3.33. The zero-order chi connectivity index (χ0) is 17.6. The highest BCUT2D eigenvalue weighted by Gasteiger charge is 2.22. The number of hydrogen-bond donors (Lipinski definition) is 1. The van der Waals surface area contributed by atoms with Crippen LogP contribution >= 0.6 is 11.3 Å². The molecule has 1 aromatic carbocycles. The van der Waals surface area contributed by atoms with Gasteiger partial charge in [-0.05, 0) is 37.9 Å². The van der Waals surface area contributed by atoms with Crippen LogP contribution in [0.15, 0.2) is 29.6 Å². The lowest BCUT2D eigenvalue weighted by Gasteiger charge is -2.35. The minimum absolute atomic E-state index is 0.246. The maximum atomic E-state index is 11.5. The molecule has 1 aliphatic heterocycles. The van der Waals surface area contributed by atoms with Gasteiger partial charge in [0.15, 0.2) is 0 Å². The van der Waals surface area contributed by atoms with Gasteiger partial charge in [0, 0.05) is 30.1 Å². The van der Waals surface area contributed by atoms with Crippen LogP contribution in [0, 0.1) is 0 Å². The van der Waals surface area contributed by atoms with Crippen LogP contribution in [-0.4, -0.2) is 47.3 Å². The number of aliphatic hydroxyl groups is 1. The third-order valence-electron chi connectivity index (χ3n) is 4.68. The van der Waals surface area contributed by atoms with Crippen LogP contribution in [0.3, 0.4) is 0 Å². The Morgan fingerprint density at radius 1 is 1.36 bits per heavy atom. The predicted molar refractivity (Wildman–Crippen MR) is 98.6 cm³/mol. The molecule has 3 rings (SSSR count). The first-order chi connectivity index (χ1) is 12.2. The smallest absolute Gasteiger partial charge is 0.337 e. The van der Waals surface area contributed by atoms with Gasteiger partial charge in [-0.25, -0.2) is 9.78 Å². The van der Waals surface area contributed by atoms with E-state index in [1.807, 2.05) is 12.1 Å². The van der Waals surface area contributed by atoms with E-state index in [0.29, 0.717) is 11.6 Å². The number of hydrogen-bond acceptors (Lipinski definition) is 6. The molecule has 1 atom stereocenters. The molecule has 0 saturated carbocycles. The van der Waals surface area contributed by atoms with Gasteiger partial charge in [0.25, 0.3) is 0 Å². The van der Waals surface area contributed by atoms with Crippen LogP contribution in [0.25, 0.3) is 10.6 Å². The average Bonchev–Trinajstić information content (AvgIpc) is 3.11. The molecule has 1 aliphatic rings. The molecule has 1 N–H and O–H groups in total. The molecule has 5 nitrogen and oxygen atoms in total. The number of carbonyl (C=O) groups excluding carboxylic acids is 1. The van der Waals surface area contributed by atoms with Crippen molar-refractivity contribution in [1.29, 1.82) is 0 Å². The highest BCUT2D eigenvalue weighted by molar-refractivity contribution is 7.13. The number of benzene rings is 1. The largest absolute Gasteiger partial charge is 0.465 e. The average molecular weight is 360 g/mol. The summed E-state index contributed by atoms with van der Waals surface area (Å²) in [6, 6.07) is 7.81. The van der Waals surface area contributed by atoms with E-state index in [9.17, 15) is 9.90 Å². The van der Waals surface area contributed by atoms with Gasteiger partial charge in [-0.1, -0.05) is 18.6 Å². The fourth-order valence-electron chi connectivity index (χ4n) is 3.33. The first kappa shape index (κ1) is 18.0. The summed E-state index contributed by atoms with van der Waals surface area (Å²) in [6.07, 6.45) is 4.46. The Bertz CT molecular complexity index is 697. The number of aliphatic hydroxyl groups excluding tert-OH is 1. The first-order valence-electron chi connectivity index (χ1n) is 8.69. The van der Waals surface area contributed by atoms with Crippen LogP contribution < -0.4 is 0 Å². The number of aromatic nitrogens is 1. The lowest BCUT2D eigenvalue weighted by molar-refractivity contribution is 0.0600. The minimum atomic E-state index is -0.327. The van der Waals surface area contributed by atoms with E-state index >= 15 is 0 Å². The van der Waals surface area contributed by atoms with Crippen molar-refractivity contribution in [2.75, 3.05) is 20.3 Å². The number of ether oxygens (including phenoxy) is 1. The molecule has 1 aromatic heterocycles. The van der Waals surface area contributed by atoms with Crippen molar-refractivity contribution in [2.45, 2.75) is 38.3 Å². The van der Waals surface area contributed by atoms with Crippen LogP contribution in [0.4, 0.5) is 0 Å². The van der Waals surface area contributed by atoms with Crippen molar-refractivity contribution in [2.24, 2.45) is 0 Å². The van der Waals surface area contributed by atoms with E-state index in [0.717, 1.165) is 42.2 Å². The zero-order valence-electron chi connectivity index (χ0n) is 14.5. The Hall–Kier alpha value is -1.76. The van der Waals surface area contributed by atoms with Gasteiger partial charge >= 0.3 is 5.97 Å². The topological polar surface area (TPSA) is 62.7 Å². The molecule has 0 aliphatic carbocycles. The Kier molecular flexibility index (Phi) is 6.18. The summed E-state index contributed by atoms with van der Waals surface area (Å²) < 4.78 is 4.73. The Balaban J connectivity index is 1.68. The second-order valence-electron chi connectivity index (χ2n) is 6.35. The molecule has 134 valence electrons. The Morgan fingerprint density at radius 3 is 2.88 bits per heavy atom. The number of piperidine rings is 1. The summed E-state index contributed by atoms with van der Waals surface area (Å²) in [5, 5.41) is 12.3. The summed E-state index contributed by atoms with van der Waals surface area (Å²) in [5.41, 5.74) is 2.62. The highest BCUT2D eigenvalue weighted by Crippen LogP contribution is 2.27. The molecule has 6 heteroatoms. The summed E-state index contributed by atoms with van der Waals surface area (Å²) in [6.45, 7) is 2.16. The van der Waals surface area contributed by atoms with Crippen molar-refractivity contribution < 1.29 is 14.6 Å². The second kappa shape index (κ2) is 8.56. The van der Waals surface area contributed by atoms with Crippen molar-refractivity contribution in [3.8, 4) is 10.6 Å². The molecule has 0 spiro atoms. The number of thiazole rings is 1. The standard InChI is InChI=1S/C19H24N2O3S/c1-24-19(23)15-7-5-14(6-8-15)18-20-16(13-25-18)12-21-10-3-2-4-17(21)9-11-22/h5-8,13,17,22H,2-4,9-12H2,1H3. The maximum absolute atomic E-state index is 11.5. The molecule has 0 radical (unpaired) electrons. The number of carbonyl (C=O) groups is 1. The molecule has 0 amide bonds. The van der Waals surface area contributed by atoms with Gasteiger partial charge in [-0.15, -0.1) is 11.3 Å². The minimum Gasteiger partial charge on any atom is -0.465 e. The van der Waals surface area contributed by atoms with E-state index in [-0.39, 0.29) is 12.6 Å². The normalized spacial score (nSPS) is 18.2. The van der Waals surface area contributed by atoms with E-state index in [1.54, 1.807) is 23.5 Å². The SMILES string of the molecule is COC(=O)c1ccc(-c2nc(CN3CCCCC3CCO)cs2)cc1. The van der Waals surface area contributed by atoms with Crippen molar-refractivity contribution in [1.82, 2.24) is 9.88 Å². The second-order valence-corrected chi connectivity index (χ2v) is 7.20. The third-order valence-corrected chi connectivity index (χ3v) is 5.62. The summed E-state index contributed by atoms with van der Waals surface area (Å²) in [5.74, 6) is -0.327. The Labute approximate surface area is 152 Å². The zero-order valence-corrected chi connectivity index (χ0v) is 15.3. The van der Waals surface area contributed by atoms with E-state index in [1.165, 1.54) is 20.0 Å². The quantitative estimate of drug-likeness (QED) is 0.801. The van der Waals surface area contributed by atoms with Gasteiger partial charge in [0.1, 0.15) is 5.01 Å². The molecular weight excluding hydrogens is 336 g/mol. The summed E-state index contributed by atoms with van der Waals surface area (Å²) in [4.78, 5) is 18.7. The molecule has 0 bridgehead atoms. The third kappa shape index (κ3) is 4.45. The van der Waals surface area contributed by atoms with Gasteiger partial charge in [0.2, 0.25) is 0 Å². The van der Waals surface area contributed by atoms with Gasteiger partial charge in [-0.3, -0.25) is 4.90 Å². The lowest BCUT2D eigenvalue weighted by Crippen LogP contribution is -2.39. The number of nitrogens with zero attached hydrogens (tertiary/aromatic N) is 2. The van der Waals surface area contributed by atoms with Gasteiger partial charge in [0.05, 0.1) is 18.4 Å². The molecule has 2 heterocycles. The van der Waals surface area contributed by atoms with Crippen molar-refractivity contribution in [3.63, 3.8) is 0 Å². The van der Waals surface area contributed by atoms with E-state index < -0.39 is 0 Å². The molecule has 2 aromatic rings. The number of esters is 1. The van der Waals surface area contributed by atoms with Crippen LogP contribution in [0.1, 0.15) is 41.7 Å². The number of rotatable bonds is 6. The molecule has 25 heavy (non-hydrogen) atoms. The van der Waals surface area contributed by atoms with Crippen LogP contribution in [-0.2, 0) is 11.3 Å². The molecule has 1 saturated heterocycles. The van der Waals surface area contributed by atoms with Crippen LogP contribution in [0.2, 0.25) is 0 Å². The number of likely N-dealkylation sites (tertiary alicyclic amines) is 1. The molecule has 1 fully saturated rings. The number of methoxy groups -OCH3 is 1. The fourth-order valence-corrected chi connectivity index (χ4v) is 4.15. The summed E-state index contributed by atoms with van der Waals surface area (Å²) >= 11 is 1.62. The van der Waals surface area contributed by atoms with E-state index in [2.05, 4.69) is 10.3 Å². The maximum Gasteiger partial charge on any atom is 0.337 e. The van der Waals surface area contributed by atoms with Crippen molar-refractivity contribution >= 4 is 17.3 Å². The fraction of sp³-hybridized carbons (Fsp3) is 0.474. The molecular formula is C19H24N2O3S. The highest BCUT2D eigenvalue weighted by atomic mass is 32.1. The monoisotopic (exact) mass is 360 g/mol. The summed E-state index contributed by atoms with van der Waals surface area (Å²) in [7, 11) is 1.38.